The highest BCUT2D eigenvalue weighted by molar-refractivity contribution is 6.12. The maximum absolute atomic E-state index is 13.8. The van der Waals surface area contributed by atoms with Crippen LogP contribution in [0.3, 0.4) is 0 Å². The van der Waals surface area contributed by atoms with Crippen LogP contribution in [0.5, 0.6) is 0 Å². The Morgan fingerprint density at radius 1 is 1.17 bits per heavy atom. The van der Waals surface area contributed by atoms with Crippen molar-refractivity contribution in [3.05, 3.63) is 80.4 Å². The SMILES string of the molecule is O=C(Nc1cc([N+](=O)[O-])ccc1F)c1cc(=O)[nH]c2ccccc12. The van der Waals surface area contributed by atoms with Gasteiger partial charge in [0, 0.05) is 29.1 Å². The van der Waals surface area contributed by atoms with E-state index in [1.54, 1.807) is 24.3 Å². The van der Waals surface area contributed by atoms with Crippen molar-refractivity contribution in [3.8, 4) is 0 Å². The molecule has 7 nitrogen and oxygen atoms in total. The van der Waals surface area contributed by atoms with Gasteiger partial charge in [0.25, 0.3) is 11.6 Å². The van der Waals surface area contributed by atoms with Gasteiger partial charge in [0.1, 0.15) is 5.82 Å². The molecule has 0 unspecified atom stereocenters. The Kier molecular flexibility index (Phi) is 3.78. The smallest absolute Gasteiger partial charge is 0.271 e. The molecule has 0 fully saturated rings. The van der Waals surface area contributed by atoms with Gasteiger partial charge in [-0.3, -0.25) is 19.7 Å². The molecule has 0 aliphatic heterocycles. The molecule has 0 aliphatic carbocycles. The van der Waals surface area contributed by atoms with Gasteiger partial charge in [0.2, 0.25) is 5.56 Å². The van der Waals surface area contributed by atoms with Crippen LogP contribution in [-0.4, -0.2) is 15.8 Å². The van der Waals surface area contributed by atoms with Crippen LogP contribution >= 0.6 is 0 Å². The van der Waals surface area contributed by atoms with Crippen molar-refractivity contribution in [3.63, 3.8) is 0 Å². The fourth-order valence-electron chi connectivity index (χ4n) is 2.30. The fraction of sp³-hybridized carbons (Fsp3) is 0. The number of hydrogen-bond acceptors (Lipinski definition) is 4. The molecule has 0 atom stereocenters. The van der Waals surface area contributed by atoms with Crippen LogP contribution < -0.4 is 10.9 Å². The van der Waals surface area contributed by atoms with Crippen LogP contribution in [0.15, 0.2) is 53.3 Å². The molecule has 0 aliphatic rings. The lowest BCUT2D eigenvalue weighted by Crippen LogP contribution is -2.17. The van der Waals surface area contributed by atoms with Crippen molar-refractivity contribution in [2.45, 2.75) is 0 Å². The Hall–Kier alpha value is -3.55. The minimum absolute atomic E-state index is 0.0419. The minimum Gasteiger partial charge on any atom is -0.322 e. The molecule has 3 aromatic rings. The van der Waals surface area contributed by atoms with Gasteiger partial charge in [0.15, 0.2) is 0 Å². The van der Waals surface area contributed by atoms with Crippen molar-refractivity contribution in [1.82, 2.24) is 4.98 Å². The quantitative estimate of drug-likeness (QED) is 0.570. The predicted octanol–water partition coefficient (Wildman–Crippen LogP) is 2.83. The number of benzene rings is 2. The number of pyridine rings is 1. The second kappa shape index (κ2) is 5.92. The lowest BCUT2D eigenvalue weighted by Gasteiger charge is -2.08. The summed E-state index contributed by atoms with van der Waals surface area (Å²) in [5, 5.41) is 13.5. The molecule has 2 N–H and O–H groups in total. The standard InChI is InChI=1S/C16H10FN3O4/c17-12-6-5-9(20(23)24)7-14(12)19-16(22)11-8-15(21)18-13-4-2-1-3-10(11)13/h1-8H,(H,18,21)(H,19,22). The van der Waals surface area contributed by atoms with Gasteiger partial charge in [-0.25, -0.2) is 4.39 Å². The van der Waals surface area contributed by atoms with Crippen molar-refractivity contribution in [1.29, 1.82) is 0 Å². The minimum atomic E-state index is -0.817. The van der Waals surface area contributed by atoms with E-state index in [9.17, 15) is 24.1 Å². The lowest BCUT2D eigenvalue weighted by molar-refractivity contribution is -0.384. The Bertz CT molecular complexity index is 1030. The van der Waals surface area contributed by atoms with E-state index in [0.29, 0.717) is 10.9 Å². The maximum Gasteiger partial charge on any atom is 0.271 e. The first-order chi connectivity index (χ1) is 11.5. The van der Waals surface area contributed by atoms with Crippen LogP contribution in [0.4, 0.5) is 15.8 Å². The van der Waals surface area contributed by atoms with E-state index < -0.39 is 22.2 Å². The number of non-ortho nitro benzene ring substituents is 1. The summed E-state index contributed by atoms with van der Waals surface area (Å²) in [6.07, 6.45) is 0. The molecule has 0 spiro atoms. The summed E-state index contributed by atoms with van der Waals surface area (Å²) in [7, 11) is 0. The van der Waals surface area contributed by atoms with Gasteiger partial charge >= 0.3 is 0 Å². The van der Waals surface area contributed by atoms with Crippen LogP contribution in [0.25, 0.3) is 10.9 Å². The summed E-state index contributed by atoms with van der Waals surface area (Å²) in [5.41, 5.74) is -0.686. The number of anilines is 1. The Morgan fingerprint density at radius 2 is 1.92 bits per heavy atom. The molecular formula is C16H10FN3O4. The zero-order valence-electron chi connectivity index (χ0n) is 12.1. The molecule has 24 heavy (non-hydrogen) atoms. The van der Waals surface area contributed by atoms with Crippen molar-refractivity contribution < 1.29 is 14.1 Å². The summed E-state index contributed by atoms with van der Waals surface area (Å²) in [5.74, 6) is -1.56. The van der Waals surface area contributed by atoms with E-state index in [2.05, 4.69) is 10.3 Å². The zero-order chi connectivity index (χ0) is 17.3. The first-order valence-corrected chi connectivity index (χ1v) is 6.83. The Labute approximate surface area is 133 Å². The summed E-state index contributed by atoms with van der Waals surface area (Å²) >= 11 is 0. The van der Waals surface area contributed by atoms with Crippen LogP contribution in [-0.2, 0) is 0 Å². The third-order valence-corrected chi connectivity index (χ3v) is 3.40. The van der Waals surface area contributed by atoms with Crippen molar-refractivity contribution in [2.75, 3.05) is 5.32 Å². The third kappa shape index (κ3) is 2.84. The highest BCUT2D eigenvalue weighted by Gasteiger charge is 2.16. The number of carbonyl (C=O) groups excluding carboxylic acids is 1. The fourth-order valence-corrected chi connectivity index (χ4v) is 2.30. The number of aromatic amines is 1. The highest BCUT2D eigenvalue weighted by Crippen LogP contribution is 2.23. The van der Waals surface area contributed by atoms with Crippen LogP contribution in [0.1, 0.15) is 10.4 Å². The number of nitrogens with one attached hydrogen (secondary N) is 2. The van der Waals surface area contributed by atoms with Gasteiger partial charge < -0.3 is 10.3 Å². The molecule has 0 saturated heterocycles. The van der Waals surface area contributed by atoms with E-state index in [-0.39, 0.29) is 16.9 Å². The Morgan fingerprint density at radius 3 is 2.67 bits per heavy atom. The highest BCUT2D eigenvalue weighted by atomic mass is 19.1. The molecule has 1 amide bonds. The number of rotatable bonds is 3. The monoisotopic (exact) mass is 327 g/mol. The van der Waals surface area contributed by atoms with Crippen LogP contribution in [0, 0.1) is 15.9 Å². The number of aromatic nitrogens is 1. The molecule has 1 aromatic heterocycles. The Balaban J connectivity index is 2.04. The summed E-state index contributed by atoms with van der Waals surface area (Å²) < 4.78 is 13.8. The first kappa shape index (κ1) is 15.3. The second-order valence-corrected chi connectivity index (χ2v) is 4.97. The van der Waals surface area contributed by atoms with Gasteiger partial charge in [0.05, 0.1) is 16.2 Å². The number of H-pyrrole nitrogens is 1. The van der Waals surface area contributed by atoms with E-state index in [0.717, 1.165) is 24.3 Å². The topological polar surface area (TPSA) is 105 Å². The molecule has 120 valence electrons. The summed E-state index contributed by atoms with van der Waals surface area (Å²) in [6, 6.07) is 10.5. The normalized spacial score (nSPS) is 10.5. The number of fused-ring (bicyclic) bond motifs is 1. The molecule has 3 rings (SSSR count). The predicted molar refractivity (Wildman–Crippen MR) is 85.6 cm³/mol. The number of para-hydroxylation sites is 1. The van der Waals surface area contributed by atoms with E-state index in [1.165, 1.54) is 0 Å². The van der Waals surface area contributed by atoms with Gasteiger partial charge in [-0.1, -0.05) is 18.2 Å². The van der Waals surface area contributed by atoms with Gasteiger partial charge in [-0.2, -0.15) is 0 Å². The van der Waals surface area contributed by atoms with Crippen molar-refractivity contribution >= 4 is 28.2 Å². The average Bonchev–Trinajstić information content (AvgIpc) is 2.55. The number of amides is 1. The molecule has 0 saturated carbocycles. The number of nitro groups is 1. The molecule has 8 heteroatoms. The van der Waals surface area contributed by atoms with Crippen LogP contribution in [0.2, 0.25) is 0 Å². The number of halogens is 1. The number of hydrogen-bond donors (Lipinski definition) is 2. The molecule has 0 bridgehead atoms. The first-order valence-electron chi connectivity index (χ1n) is 6.83. The summed E-state index contributed by atoms with van der Waals surface area (Å²) in [4.78, 5) is 36.7. The van der Waals surface area contributed by atoms with Gasteiger partial charge in [-0.15, -0.1) is 0 Å². The van der Waals surface area contributed by atoms with E-state index in [4.69, 9.17) is 0 Å². The van der Waals surface area contributed by atoms with Crippen molar-refractivity contribution in [2.24, 2.45) is 0 Å². The average molecular weight is 327 g/mol. The molecule has 1 heterocycles. The molecule has 0 radical (unpaired) electrons. The molecule has 2 aromatic carbocycles. The zero-order valence-corrected chi connectivity index (χ0v) is 12.1. The lowest BCUT2D eigenvalue weighted by atomic mass is 10.1. The largest absolute Gasteiger partial charge is 0.322 e. The number of nitrogens with zero attached hydrogens (tertiary/aromatic N) is 1. The van der Waals surface area contributed by atoms with E-state index >= 15 is 0 Å². The van der Waals surface area contributed by atoms with E-state index in [1.807, 2.05) is 0 Å². The maximum atomic E-state index is 13.8. The second-order valence-electron chi connectivity index (χ2n) is 4.97. The van der Waals surface area contributed by atoms with Gasteiger partial charge in [-0.05, 0) is 12.1 Å². The number of carbonyl (C=O) groups is 1. The summed E-state index contributed by atoms with van der Waals surface area (Å²) in [6.45, 7) is 0. The number of nitro benzene ring substituents is 1. The third-order valence-electron chi connectivity index (χ3n) is 3.40. The molecular weight excluding hydrogens is 317 g/mol.